The number of carbonyl (C=O) groups is 1. The smallest absolute Gasteiger partial charge is 0.241 e. The SMILES string of the molecule is Cc1cc(N2CCCCC2)c(C)cc1/C=C/C(N)=O. The highest BCUT2D eigenvalue weighted by Crippen LogP contribution is 2.27. The fraction of sp³-hybridized carbons (Fsp3) is 0.438. The molecule has 0 radical (unpaired) electrons. The van der Waals surface area contributed by atoms with Crippen molar-refractivity contribution >= 4 is 17.7 Å². The van der Waals surface area contributed by atoms with E-state index in [-0.39, 0.29) is 0 Å². The highest BCUT2D eigenvalue weighted by Gasteiger charge is 2.13. The van der Waals surface area contributed by atoms with Gasteiger partial charge < -0.3 is 10.6 Å². The summed E-state index contributed by atoms with van der Waals surface area (Å²) in [5, 5.41) is 0. The van der Waals surface area contributed by atoms with Crippen molar-refractivity contribution in [2.75, 3.05) is 18.0 Å². The van der Waals surface area contributed by atoms with Gasteiger partial charge in [0.25, 0.3) is 0 Å². The number of rotatable bonds is 3. The zero-order valence-electron chi connectivity index (χ0n) is 11.8. The van der Waals surface area contributed by atoms with Crippen molar-refractivity contribution in [3.05, 3.63) is 34.9 Å². The monoisotopic (exact) mass is 258 g/mol. The van der Waals surface area contributed by atoms with Gasteiger partial charge >= 0.3 is 0 Å². The Hall–Kier alpha value is -1.77. The summed E-state index contributed by atoms with van der Waals surface area (Å²) < 4.78 is 0. The third kappa shape index (κ3) is 3.37. The minimum atomic E-state index is -0.405. The molecule has 1 fully saturated rings. The number of nitrogens with two attached hydrogens (primary N) is 1. The Morgan fingerprint density at radius 3 is 2.47 bits per heavy atom. The standard InChI is InChI=1S/C16H22N2O/c1-12-11-15(18-8-4-3-5-9-18)13(2)10-14(12)6-7-16(17)19/h6-7,10-11H,3-5,8-9H2,1-2H3,(H2,17,19)/b7-6+. The molecule has 1 aromatic carbocycles. The fourth-order valence-electron chi connectivity index (χ4n) is 2.65. The van der Waals surface area contributed by atoms with Gasteiger partial charge in [-0.2, -0.15) is 0 Å². The fourth-order valence-corrected chi connectivity index (χ4v) is 2.65. The van der Waals surface area contributed by atoms with E-state index in [9.17, 15) is 4.79 Å². The van der Waals surface area contributed by atoms with Crippen LogP contribution in [0.1, 0.15) is 36.0 Å². The molecule has 3 heteroatoms. The molecule has 1 amide bonds. The van der Waals surface area contributed by atoms with Crippen LogP contribution in [-0.4, -0.2) is 19.0 Å². The van der Waals surface area contributed by atoms with Crippen molar-refractivity contribution in [1.82, 2.24) is 0 Å². The molecule has 0 saturated carbocycles. The lowest BCUT2D eigenvalue weighted by Gasteiger charge is -2.30. The first kappa shape index (κ1) is 13.7. The van der Waals surface area contributed by atoms with Crippen molar-refractivity contribution in [2.24, 2.45) is 5.73 Å². The molecule has 0 atom stereocenters. The number of anilines is 1. The van der Waals surface area contributed by atoms with E-state index in [1.54, 1.807) is 6.08 Å². The largest absolute Gasteiger partial charge is 0.371 e. The maximum absolute atomic E-state index is 10.8. The second-order valence-corrected chi connectivity index (χ2v) is 5.28. The number of benzene rings is 1. The van der Waals surface area contributed by atoms with Gasteiger partial charge in [0.2, 0.25) is 5.91 Å². The maximum Gasteiger partial charge on any atom is 0.241 e. The highest BCUT2D eigenvalue weighted by molar-refractivity contribution is 5.90. The molecule has 0 bridgehead atoms. The van der Waals surface area contributed by atoms with Gasteiger partial charge in [-0.15, -0.1) is 0 Å². The third-order valence-electron chi connectivity index (χ3n) is 3.71. The van der Waals surface area contributed by atoms with Crippen LogP contribution in [0, 0.1) is 13.8 Å². The zero-order chi connectivity index (χ0) is 13.8. The van der Waals surface area contributed by atoms with E-state index in [1.165, 1.54) is 42.2 Å². The van der Waals surface area contributed by atoms with Gasteiger partial charge in [0.1, 0.15) is 0 Å². The van der Waals surface area contributed by atoms with Gasteiger partial charge in [-0.05, 0) is 68.0 Å². The molecule has 1 aromatic rings. The van der Waals surface area contributed by atoms with E-state index in [1.807, 2.05) is 0 Å². The molecular weight excluding hydrogens is 236 g/mol. The lowest BCUT2D eigenvalue weighted by molar-refractivity contribution is -0.113. The summed E-state index contributed by atoms with van der Waals surface area (Å²) in [5.74, 6) is -0.405. The predicted molar refractivity (Wildman–Crippen MR) is 80.2 cm³/mol. The van der Waals surface area contributed by atoms with Gasteiger partial charge in [-0.1, -0.05) is 0 Å². The van der Waals surface area contributed by atoms with Crippen molar-refractivity contribution in [3.8, 4) is 0 Å². The molecule has 0 unspecified atom stereocenters. The molecule has 0 aromatic heterocycles. The van der Waals surface area contributed by atoms with Crippen molar-refractivity contribution in [1.29, 1.82) is 0 Å². The Balaban J connectivity index is 2.28. The summed E-state index contributed by atoms with van der Waals surface area (Å²) >= 11 is 0. The van der Waals surface area contributed by atoms with Gasteiger partial charge in [0.05, 0.1) is 0 Å². The summed E-state index contributed by atoms with van der Waals surface area (Å²) in [4.78, 5) is 13.3. The zero-order valence-corrected chi connectivity index (χ0v) is 11.8. The topological polar surface area (TPSA) is 46.3 Å². The average molecular weight is 258 g/mol. The molecule has 1 saturated heterocycles. The van der Waals surface area contributed by atoms with Crippen LogP contribution in [0.15, 0.2) is 18.2 Å². The van der Waals surface area contributed by atoms with Crippen molar-refractivity contribution in [2.45, 2.75) is 33.1 Å². The average Bonchev–Trinajstić information content (AvgIpc) is 2.40. The summed E-state index contributed by atoms with van der Waals surface area (Å²) in [7, 11) is 0. The Kier molecular flexibility index (Phi) is 4.25. The quantitative estimate of drug-likeness (QED) is 0.847. The molecule has 19 heavy (non-hydrogen) atoms. The molecule has 1 heterocycles. The molecule has 0 aliphatic carbocycles. The molecule has 1 aliphatic heterocycles. The molecule has 102 valence electrons. The van der Waals surface area contributed by atoms with Crippen LogP contribution in [-0.2, 0) is 4.79 Å². The molecule has 2 rings (SSSR count). The first-order valence-electron chi connectivity index (χ1n) is 6.91. The summed E-state index contributed by atoms with van der Waals surface area (Å²) in [6.45, 7) is 6.51. The number of carbonyl (C=O) groups excluding carboxylic acids is 1. The van der Waals surface area contributed by atoms with E-state index in [0.29, 0.717) is 0 Å². The van der Waals surface area contributed by atoms with Crippen LogP contribution >= 0.6 is 0 Å². The van der Waals surface area contributed by atoms with Crippen LogP contribution in [0.2, 0.25) is 0 Å². The van der Waals surface area contributed by atoms with Gasteiger partial charge in [-0.3, -0.25) is 4.79 Å². The second-order valence-electron chi connectivity index (χ2n) is 5.28. The lowest BCUT2D eigenvalue weighted by atomic mass is 10.0. The van der Waals surface area contributed by atoms with E-state index < -0.39 is 5.91 Å². The summed E-state index contributed by atoms with van der Waals surface area (Å²) in [6, 6.07) is 4.36. The number of hydrogen-bond donors (Lipinski definition) is 1. The molecular formula is C16H22N2O. The molecule has 2 N–H and O–H groups in total. The number of amides is 1. The Labute approximate surface area is 115 Å². The second kappa shape index (κ2) is 5.91. The van der Waals surface area contributed by atoms with Gasteiger partial charge in [0, 0.05) is 24.9 Å². The number of aryl methyl sites for hydroxylation is 2. The first-order valence-corrected chi connectivity index (χ1v) is 6.91. The number of nitrogens with zero attached hydrogens (tertiary/aromatic N) is 1. The van der Waals surface area contributed by atoms with Crippen molar-refractivity contribution in [3.63, 3.8) is 0 Å². The Bertz CT molecular complexity index is 500. The number of piperidine rings is 1. The maximum atomic E-state index is 10.8. The van der Waals surface area contributed by atoms with Gasteiger partial charge in [0.15, 0.2) is 0 Å². The highest BCUT2D eigenvalue weighted by atomic mass is 16.1. The molecule has 0 spiro atoms. The molecule has 1 aliphatic rings. The van der Waals surface area contributed by atoms with E-state index in [4.69, 9.17) is 5.73 Å². The molecule has 3 nitrogen and oxygen atoms in total. The van der Waals surface area contributed by atoms with Crippen LogP contribution < -0.4 is 10.6 Å². The Morgan fingerprint density at radius 2 is 1.84 bits per heavy atom. The Morgan fingerprint density at radius 1 is 1.16 bits per heavy atom. The van der Waals surface area contributed by atoms with Crippen LogP contribution in [0.4, 0.5) is 5.69 Å². The first-order chi connectivity index (χ1) is 9.08. The number of hydrogen-bond acceptors (Lipinski definition) is 2. The van der Waals surface area contributed by atoms with Crippen LogP contribution in [0.5, 0.6) is 0 Å². The third-order valence-corrected chi connectivity index (χ3v) is 3.71. The lowest BCUT2D eigenvalue weighted by Crippen LogP contribution is -2.30. The minimum Gasteiger partial charge on any atom is -0.371 e. The minimum absolute atomic E-state index is 0.405. The van der Waals surface area contributed by atoms with E-state index in [0.717, 1.165) is 18.7 Å². The van der Waals surface area contributed by atoms with E-state index >= 15 is 0 Å². The normalized spacial score (nSPS) is 16.0. The summed E-state index contributed by atoms with van der Waals surface area (Å²) in [5.41, 5.74) is 9.98. The summed E-state index contributed by atoms with van der Waals surface area (Å²) in [6.07, 6.45) is 7.12. The van der Waals surface area contributed by atoms with Crippen LogP contribution in [0.25, 0.3) is 6.08 Å². The van der Waals surface area contributed by atoms with Crippen LogP contribution in [0.3, 0.4) is 0 Å². The predicted octanol–water partition coefficient (Wildman–Crippen LogP) is 2.79. The number of primary amides is 1. The van der Waals surface area contributed by atoms with Gasteiger partial charge in [-0.25, -0.2) is 0 Å². The van der Waals surface area contributed by atoms with E-state index in [2.05, 4.69) is 30.9 Å². The van der Waals surface area contributed by atoms with Crippen molar-refractivity contribution < 1.29 is 4.79 Å².